The summed E-state index contributed by atoms with van der Waals surface area (Å²) in [4.78, 5) is 11.0. The lowest BCUT2D eigenvalue weighted by Gasteiger charge is -2.21. The van der Waals surface area contributed by atoms with Gasteiger partial charge in [-0.05, 0) is 12.8 Å². The molecule has 3 heteroatoms. The molecular weight excluding hydrogens is 204 g/mol. The number of esters is 1. The maximum atomic E-state index is 11.0. The summed E-state index contributed by atoms with van der Waals surface area (Å²) in [6.07, 6.45) is 6.26. The minimum Gasteiger partial charge on any atom is -0.433 e. The van der Waals surface area contributed by atoms with Gasteiger partial charge in [-0.25, -0.2) is 4.79 Å². The van der Waals surface area contributed by atoms with E-state index in [2.05, 4.69) is 20.4 Å². The highest BCUT2D eigenvalue weighted by atomic mass is 16.6. The summed E-state index contributed by atoms with van der Waals surface area (Å²) in [5.41, 5.74) is 0. The van der Waals surface area contributed by atoms with E-state index in [0.29, 0.717) is 0 Å². The minimum atomic E-state index is -0.984. The van der Waals surface area contributed by atoms with Crippen LogP contribution in [0.4, 0.5) is 0 Å². The van der Waals surface area contributed by atoms with Crippen LogP contribution in [0.15, 0.2) is 12.7 Å². The van der Waals surface area contributed by atoms with Crippen molar-refractivity contribution in [2.45, 2.75) is 58.7 Å². The number of hydrogen-bond acceptors (Lipinski definition) is 3. The first-order chi connectivity index (χ1) is 7.65. The molecule has 2 atom stereocenters. The molecule has 0 bridgehead atoms. The number of ether oxygens (including phenoxy) is 1. The van der Waals surface area contributed by atoms with Crippen LogP contribution in [0.25, 0.3) is 0 Å². The lowest BCUT2D eigenvalue weighted by molar-refractivity contribution is -0.172. The second-order valence-corrected chi connectivity index (χ2v) is 4.08. The largest absolute Gasteiger partial charge is 0.433 e. The van der Waals surface area contributed by atoms with E-state index in [-0.39, 0.29) is 5.92 Å². The monoisotopic (exact) mass is 228 g/mol. The van der Waals surface area contributed by atoms with Crippen molar-refractivity contribution in [1.82, 2.24) is 0 Å². The van der Waals surface area contributed by atoms with Gasteiger partial charge in [0.2, 0.25) is 6.29 Å². The van der Waals surface area contributed by atoms with Gasteiger partial charge >= 0.3 is 5.97 Å². The topological polar surface area (TPSA) is 46.5 Å². The molecule has 1 N–H and O–H groups in total. The molecule has 0 spiro atoms. The average Bonchev–Trinajstić information content (AvgIpc) is 2.27. The van der Waals surface area contributed by atoms with Crippen molar-refractivity contribution in [3.8, 4) is 0 Å². The summed E-state index contributed by atoms with van der Waals surface area (Å²) in [6.45, 7) is 7.51. The first-order valence-corrected chi connectivity index (χ1v) is 6.16. The Morgan fingerprint density at radius 3 is 2.50 bits per heavy atom. The van der Waals surface area contributed by atoms with E-state index >= 15 is 0 Å². The van der Waals surface area contributed by atoms with Gasteiger partial charge in [0.1, 0.15) is 0 Å². The standard InChI is InChI=1S/C13H24O3/c1-4-7-8-10-11(9-5-2)13(15)16-12(14)6-3/h6,11,13,15H,3-5,7-10H2,1-2H3. The maximum Gasteiger partial charge on any atom is 0.332 e. The van der Waals surface area contributed by atoms with E-state index in [1.54, 1.807) is 0 Å². The molecule has 3 nitrogen and oxygen atoms in total. The summed E-state index contributed by atoms with van der Waals surface area (Å²) in [5, 5.41) is 9.75. The molecule has 0 aliphatic rings. The lowest BCUT2D eigenvalue weighted by atomic mass is 9.96. The van der Waals surface area contributed by atoms with Crippen molar-refractivity contribution < 1.29 is 14.6 Å². The molecule has 0 amide bonds. The molecule has 0 aliphatic carbocycles. The van der Waals surface area contributed by atoms with Crippen molar-refractivity contribution >= 4 is 5.97 Å². The second-order valence-electron chi connectivity index (χ2n) is 4.08. The van der Waals surface area contributed by atoms with Gasteiger partial charge in [0.05, 0.1) is 0 Å². The van der Waals surface area contributed by atoms with E-state index in [0.717, 1.165) is 44.6 Å². The van der Waals surface area contributed by atoms with Gasteiger partial charge in [-0.1, -0.05) is 46.1 Å². The molecule has 2 unspecified atom stereocenters. The summed E-state index contributed by atoms with van der Waals surface area (Å²) >= 11 is 0. The van der Waals surface area contributed by atoms with Crippen LogP contribution in [0, 0.1) is 5.92 Å². The first-order valence-electron chi connectivity index (χ1n) is 6.16. The predicted octanol–water partition coefficient (Wildman–Crippen LogP) is 3.03. The fourth-order valence-electron chi connectivity index (χ4n) is 1.72. The van der Waals surface area contributed by atoms with Gasteiger partial charge in [-0.3, -0.25) is 0 Å². The quantitative estimate of drug-likeness (QED) is 0.285. The van der Waals surface area contributed by atoms with E-state index in [9.17, 15) is 9.90 Å². The number of hydrogen-bond donors (Lipinski definition) is 1. The van der Waals surface area contributed by atoms with Crippen LogP contribution in [-0.2, 0) is 9.53 Å². The van der Waals surface area contributed by atoms with Gasteiger partial charge < -0.3 is 9.84 Å². The Bertz CT molecular complexity index is 201. The molecule has 0 aromatic heterocycles. The van der Waals surface area contributed by atoms with Crippen molar-refractivity contribution in [3.63, 3.8) is 0 Å². The van der Waals surface area contributed by atoms with E-state index in [1.807, 2.05) is 0 Å². The maximum absolute atomic E-state index is 11.0. The Morgan fingerprint density at radius 2 is 2.00 bits per heavy atom. The normalized spacial score (nSPS) is 14.2. The third-order valence-electron chi connectivity index (χ3n) is 2.64. The number of carbonyl (C=O) groups excluding carboxylic acids is 1. The molecule has 0 aromatic carbocycles. The van der Waals surface area contributed by atoms with Crippen molar-refractivity contribution in [2.24, 2.45) is 5.92 Å². The fraction of sp³-hybridized carbons (Fsp3) is 0.769. The van der Waals surface area contributed by atoms with Crippen LogP contribution in [0.2, 0.25) is 0 Å². The van der Waals surface area contributed by atoms with Crippen LogP contribution < -0.4 is 0 Å². The molecule has 0 rings (SSSR count). The fourth-order valence-corrected chi connectivity index (χ4v) is 1.72. The van der Waals surface area contributed by atoms with Crippen LogP contribution in [-0.4, -0.2) is 17.4 Å². The Morgan fingerprint density at radius 1 is 1.31 bits per heavy atom. The molecular formula is C13H24O3. The summed E-state index contributed by atoms with van der Waals surface area (Å²) in [7, 11) is 0. The third-order valence-corrected chi connectivity index (χ3v) is 2.64. The SMILES string of the molecule is C=CC(=O)OC(O)C(CCC)CCCCC. The molecule has 0 radical (unpaired) electrons. The Balaban J connectivity index is 4.05. The summed E-state index contributed by atoms with van der Waals surface area (Å²) in [6, 6.07) is 0. The molecule has 0 saturated heterocycles. The van der Waals surface area contributed by atoms with Gasteiger partial charge in [-0.15, -0.1) is 0 Å². The number of unbranched alkanes of at least 4 members (excludes halogenated alkanes) is 2. The Labute approximate surface area is 98.5 Å². The van der Waals surface area contributed by atoms with E-state index < -0.39 is 12.3 Å². The lowest BCUT2D eigenvalue weighted by Crippen LogP contribution is -2.26. The molecule has 0 aliphatic heterocycles. The Hall–Kier alpha value is -0.830. The van der Waals surface area contributed by atoms with E-state index in [1.165, 1.54) is 0 Å². The van der Waals surface area contributed by atoms with Gasteiger partial charge in [0.15, 0.2) is 0 Å². The van der Waals surface area contributed by atoms with Gasteiger partial charge in [-0.2, -0.15) is 0 Å². The van der Waals surface area contributed by atoms with Gasteiger partial charge in [0.25, 0.3) is 0 Å². The zero-order valence-electron chi connectivity index (χ0n) is 10.4. The second kappa shape index (κ2) is 9.40. The first kappa shape index (κ1) is 15.2. The smallest absolute Gasteiger partial charge is 0.332 e. The van der Waals surface area contributed by atoms with Crippen molar-refractivity contribution in [2.75, 3.05) is 0 Å². The summed E-state index contributed by atoms with van der Waals surface area (Å²) < 4.78 is 4.84. The zero-order valence-corrected chi connectivity index (χ0v) is 10.4. The molecule has 0 heterocycles. The molecule has 0 saturated carbocycles. The van der Waals surface area contributed by atoms with E-state index in [4.69, 9.17) is 4.74 Å². The van der Waals surface area contributed by atoms with Crippen LogP contribution in [0.5, 0.6) is 0 Å². The third kappa shape index (κ3) is 6.62. The highest BCUT2D eigenvalue weighted by molar-refractivity contribution is 5.81. The summed E-state index contributed by atoms with van der Waals surface area (Å²) in [5.74, 6) is -0.496. The number of aliphatic hydroxyl groups excluding tert-OH is 1. The van der Waals surface area contributed by atoms with Gasteiger partial charge in [0, 0.05) is 12.0 Å². The molecule has 0 fully saturated rings. The number of aliphatic hydroxyl groups is 1. The van der Waals surface area contributed by atoms with Crippen LogP contribution in [0.1, 0.15) is 52.4 Å². The molecule has 94 valence electrons. The van der Waals surface area contributed by atoms with Crippen molar-refractivity contribution in [1.29, 1.82) is 0 Å². The molecule has 16 heavy (non-hydrogen) atoms. The average molecular weight is 228 g/mol. The Kier molecular flexibility index (Phi) is 8.91. The highest BCUT2D eigenvalue weighted by Gasteiger charge is 2.20. The van der Waals surface area contributed by atoms with Crippen LogP contribution >= 0.6 is 0 Å². The molecule has 0 aromatic rings. The van der Waals surface area contributed by atoms with Crippen LogP contribution in [0.3, 0.4) is 0 Å². The zero-order chi connectivity index (χ0) is 12.4. The van der Waals surface area contributed by atoms with Crippen molar-refractivity contribution in [3.05, 3.63) is 12.7 Å². The number of carbonyl (C=O) groups is 1. The minimum absolute atomic E-state index is 0.0560. The highest BCUT2D eigenvalue weighted by Crippen LogP contribution is 2.20. The predicted molar refractivity (Wildman–Crippen MR) is 64.8 cm³/mol. The number of rotatable bonds is 9.